The fraction of sp³-hybridized carbons (Fsp3) is 1.00. The van der Waals surface area contributed by atoms with Gasteiger partial charge in [-0.2, -0.15) is 13.2 Å². The van der Waals surface area contributed by atoms with Gasteiger partial charge in [0.25, 0.3) is 0 Å². The Morgan fingerprint density at radius 2 is 1.64 bits per heavy atom. The minimum atomic E-state index is -4.67. The van der Waals surface area contributed by atoms with E-state index in [0.717, 1.165) is 5.06 Å². The maximum Gasteiger partial charge on any atom is 0.524 e. The van der Waals surface area contributed by atoms with Gasteiger partial charge in [0.1, 0.15) is 0 Å². The van der Waals surface area contributed by atoms with Gasteiger partial charge < -0.3 is 0 Å². The molecule has 0 bridgehead atoms. The highest BCUT2D eigenvalue weighted by atomic mass is 35.7. The van der Waals surface area contributed by atoms with Crippen LogP contribution in [0.5, 0.6) is 0 Å². The first kappa shape index (κ1) is 11.5. The number of hydrogen-bond acceptors (Lipinski definition) is 2. The first-order valence-electron chi connectivity index (χ1n) is 2.48. The summed E-state index contributed by atoms with van der Waals surface area (Å²) in [6, 6.07) is 0. The Morgan fingerprint density at radius 1 is 1.27 bits per heavy atom. The number of nitrogens with zero attached hydrogens (tertiary/aromatic N) is 1. The maximum absolute atomic E-state index is 11.8. The maximum atomic E-state index is 11.8. The van der Waals surface area contributed by atoms with E-state index in [1.54, 1.807) is 0 Å². The summed E-state index contributed by atoms with van der Waals surface area (Å²) in [6.45, 7) is -4.60. The topological polar surface area (TPSA) is 12.5 Å². The predicted octanol–water partition coefficient (Wildman–Crippen LogP) is 2.00. The van der Waals surface area contributed by atoms with Crippen molar-refractivity contribution in [3.8, 4) is 0 Å². The molecule has 2 nitrogen and oxygen atoms in total. The van der Waals surface area contributed by atoms with Crippen molar-refractivity contribution in [2.45, 2.75) is 5.80 Å². The molecule has 0 aromatic rings. The lowest BCUT2D eigenvalue weighted by Crippen LogP contribution is -2.46. The second-order valence-electron chi connectivity index (χ2n) is 1.92. The Hall–Kier alpha value is 0.507. The van der Waals surface area contributed by atoms with Gasteiger partial charge in [-0.05, 0) is 0 Å². The van der Waals surface area contributed by atoms with Gasteiger partial charge in [-0.25, -0.2) is 5.06 Å². The number of halogens is 5. The highest BCUT2D eigenvalue weighted by Gasteiger charge is 2.60. The van der Waals surface area contributed by atoms with Crippen molar-refractivity contribution in [1.82, 2.24) is 5.06 Å². The monoisotopic (exact) mass is 227 g/mol. The molecule has 0 rings (SSSR count). The zero-order valence-corrected chi connectivity index (χ0v) is 8.26. The summed E-state index contributed by atoms with van der Waals surface area (Å²) in [4.78, 5) is 0. The molecular weight excluding hydrogens is 222 g/mol. The molecule has 0 aliphatic heterocycles. The summed E-state index contributed by atoms with van der Waals surface area (Å²) in [7, 11) is 2.55. The third-order valence-electron chi connectivity index (χ3n) is 0.627. The second-order valence-corrected chi connectivity index (χ2v) is 7.48. The van der Waals surface area contributed by atoms with Gasteiger partial charge in [0.05, 0.1) is 0 Å². The van der Waals surface area contributed by atoms with Crippen LogP contribution in [0.2, 0.25) is 0 Å². The van der Waals surface area contributed by atoms with Crippen LogP contribution in [0.25, 0.3) is 0 Å². The molecule has 0 aromatic heterocycles. The van der Waals surface area contributed by atoms with Crippen molar-refractivity contribution in [2.24, 2.45) is 0 Å². The van der Waals surface area contributed by atoms with Crippen LogP contribution in [0, 0.1) is 0 Å². The largest absolute Gasteiger partial charge is 0.524 e. The summed E-state index contributed by atoms with van der Waals surface area (Å²) in [5, 5.41) is 0.833. The van der Waals surface area contributed by atoms with Crippen molar-refractivity contribution >= 4 is 29.1 Å². The summed E-state index contributed by atoms with van der Waals surface area (Å²) in [6.07, 6.45) is 0. The van der Waals surface area contributed by atoms with E-state index < -0.39 is 12.7 Å². The third kappa shape index (κ3) is 3.61. The Morgan fingerprint density at radius 3 is 1.73 bits per heavy atom. The fourth-order valence-corrected chi connectivity index (χ4v) is 1.67. The first-order valence-corrected chi connectivity index (χ1v) is 6.41. The van der Waals surface area contributed by atoms with Crippen LogP contribution in [0.4, 0.5) is 13.2 Å². The number of rotatable bonds is 2. The molecule has 0 heterocycles. The SMILES string of the molecule is CN(C)O[Si](Cl)(Cl)C(F)(F)F. The quantitative estimate of drug-likeness (QED) is 0.407. The van der Waals surface area contributed by atoms with E-state index in [2.05, 4.69) is 4.53 Å². The van der Waals surface area contributed by atoms with Crippen LogP contribution in [0.1, 0.15) is 0 Å². The van der Waals surface area contributed by atoms with Crippen molar-refractivity contribution in [1.29, 1.82) is 0 Å². The van der Waals surface area contributed by atoms with Crippen LogP contribution >= 0.6 is 22.2 Å². The standard InChI is InChI=1S/C3H6Cl2F3NOSi/c1-9(2)10-11(4,5)3(6,7)8/h1-2H3. The first-order chi connectivity index (χ1) is 4.67. The molecule has 68 valence electrons. The normalized spacial score (nSPS) is 14.2. The fourth-order valence-electron chi connectivity index (χ4n) is 0.281. The van der Waals surface area contributed by atoms with Gasteiger partial charge in [-0.15, -0.1) is 22.2 Å². The Balaban J connectivity index is 4.22. The van der Waals surface area contributed by atoms with E-state index >= 15 is 0 Å². The lowest BCUT2D eigenvalue weighted by molar-refractivity contribution is -0.0992. The van der Waals surface area contributed by atoms with Crippen LogP contribution in [-0.4, -0.2) is 31.9 Å². The molecule has 0 spiro atoms. The molecule has 0 radical (unpaired) electrons. The molecule has 0 atom stereocenters. The van der Waals surface area contributed by atoms with Gasteiger partial charge in [0, 0.05) is 14.1 Å². The molecule has 0 saturated heterocycles. The van der Waals surface area contributed by atoms with E-state index in [0.29, 0.717) is 0 Å². The second kappa shape index (κ2) is 3.49. The Labute approximate surface area is 72.3 Å². The Kier molecular flexibility index (Phi) is 3.65. The highest BCUT2D eigenvalue weighted by Crippen LogP contribution is 2.36. The van der Waals surface area contributed by atoms with E-state index in [-0.39, 0.29) is 0 Å². The zero-order valence-electron chi connectivity index (χ0n) is 5.75. The van der Waals surface area contributed by atoms with Crippen LogP contribution in [0.15, 0.2) is 0 Å². The summed E-state index contributed by atoms with van der Waals surface area (Å²) >= 11 is 9.85. The van der Waals surface area contributed by atoms with Gasteiger partial charge >= 0.3 is 12.7 Å². The van der Waals surface area contributed by atoms with Gasteiger partial charge in [0.2, 0.25) is 0 Å². The molecule has 0 fully saturated rings. The van der Waals surface area contributed by atoms with Gasteiger partial charge in [0.15, 0.2) is 0 Å². The van der Waals surface area contributed by atoms with Crippen LogP contribution in [-0.2, 0) is 4.53 Å². The van der Waals surface area contributed by atoms with Crippen molar-refractivity contribution in [3.63, 3.8) is 0 Å². The molecule has 11 heavy (non-hydrogen) atoms. The van der Waals surface area contributed by atoms with E-state index in [9.17, 15) is 13.2 Å². The molecule has 0 N–H and O–H groups in total. The molecule has 8 heteroatoms. The third-order valence-corrected chi connectivity index (χ3v) is 3.58. The molecular formula is C3H6Cl2F3NOSi. The smallest absolute Gasteiger partial charge is 0.299 e. The van der Waals surface area contributed by atoms with E-state index in [1.807, 2.05) is 0 Å². The van der Waals surface area contributed by atoms with Crippen molar-refractivity contribution in [3.05, 3.63) is 0 Å². The van der Waals surface area contributed by atoms with Crippen molar-refractivity contribution in [2.75, 3.05) is 14.1 Å². The molecule has 0 saturated carbocycles. The zero-order chi connectivity index (χ0) is 9.28. The number of alkyl halides is 3. The molecule has 0 aliphatic carbocycles. The van der Waals surface area contributed by atoms with E-state index in [1.165, 1.54) is 14.1 Å². The minimum Gasteiger partial charge on any atom is -0.299 e. The molecule has 0 amide bonds. The van der Waals surface area contributed by atoms with Gasteiger partial charge in [-0.3, -0.25) is 4.53 Å². The lowest BCUT2D eigenvalue weighted by Gasteiger charge is -2.22. The van der Waals surface area contributed by atoms with Gasteiger partial charge in [-0.1, -0.05) is 0 Å². The summed E-state index contributed by atoms with van der Waals surface area (Å²) < 4.78 is 39.7. The number of hydrogen-bond donors (Lipinski definition) is 0. The average Bonchev–Trinajstić information content (AvgIpc) is 1.56. The summed E-state index contributed by atoms with van der Waals surface area (Å²) in [5.41, 5.74) is 0. The highest BCUT2D eigenvalue weighted by molar-refractivity contribution is 7.43. The van der Waals surface area contributed by atoms with E-state index in [4.69, 9.17) is 22.2 Å². The van der Waals surface area contributed by atoms with Crippen molar-refractivity contribution < 1.29 is 17.7 Å². The average molecular weight is 228 g/mol. The summed E-state index contributed by atoms with van der Waals surface area (Å²) in [5.74, 6) is -4.67. The van der Waals surface area contributed by atoms with Crippen LogP contribution < -0.4 is 0 Å². The minimum absolute atomic E-state index is 0.833. The number of hydroxylamine groups is 2. The molecule has 0 unspecified atom stereocenters. The van der Waals surface area contributed by atoms with Crippen LogP contribution in [0.3, 0.4) is 0 Å². The molecule has 0 aliphatic rings. The lowest BCUT2D eigenvalue weighted by atomic mass is 11.2. The molecule has 0 aromatic carbocycles. The Bertz CT molecular complexity index is 139. The predicted molar refractivity (Wildman–Crippen MR) is 38.3 cm³/mol.